The standard InChI is InChI=1S/C17H21NO/c1-3-12-19-17-11-7-6-10-16(17)18-13-15-9-5-4-8-14(15)2/h4-11,18H,3,12-13H2,1-2H3. The van der Waals surface area contributed by atoms with Gasteiger partial charge in [0.1, 0.15) is 5.75 Å². The third-order valence-corrected chi connectivity index (χ3v) is 3.08. The van der Waals surface area contributed by atoms with Crippen LogP contribution >= 0.6 is 0 Å². The summed E-state index contributed by atoms with van der Waals surface area (Å²) < 4.78 is 5.74. The summed E-state index contributed by atoms with van der Waals surface area (Å²) in [6, 6.07) is 16.5. The fourth-order valence-corrected chi connectivity index (χ4v) is 1.95. The van der Waals surface area contributed by atoms with Crippen molar-refractivity contribution in [1.29, 1.82) is 0 Å². The molecule has 0 aromatic heterocycles. The molecular formula is C17H21NO. The average molecular weight is 255 g/mol. The van der Waals surface area contributed by atoms with Crippen molar-refractivity contribution in [2.75, 3.05) is 11.9 Å². The quantitative estimate of drug-likeness (QED) is 0.826. The van der Waals surface area contributed by atoms with Gasteiger partial charge in [-0.3, -0.25) is 0 Å². The number of ether oxygens (including phenoxy) is 1. The van der Waals surface area contributed by atoms with Crippen LogP contribution in [0.4, 0.5) is 5.69 Å². The largest absolute Gasteiger partial charge is 0.491 e. The molecule has 0 aliphatic heterocycles. The average Bonchev–Trinajstić information content (AvgIpc) is 2.45. The SMILES string of the molecule is CCCOc1ccccc1NCc1ccccc1C. The minimum atomic E-state index is 0.753. The Morgan fingerprint density at radius 1 is 1.00 bits per heavy atom. The fourth-order valence-electron chi connectivity index (χ4n) is 1.95. The second-order valence-corrected chi connectivity index (χ2v) is 4.62. The first-order valence-corrected chi connectivity index (χ1v) is 6.81. The number of nitrogens with one attached hydrogen (secondary N) is 1. The zero-order valence-corrected chi connectivity index (χ0v) is 11.6. The Kier molecular flexibility index (Phi) is 4.85. The van der Waals surface area contributed by atoms with Crippen LogP contribution in [0.1, 0.15) is 24.5 Å². The van der Waals surface area contributed by atoms with E-state index in [0.717, 1.165) is 31.0 Å². The van der Waals surface area contributed by atoms with Crippen molar-refractivity contribution >= 4 is 5.69 Å². The van der Waals surface area contributed by atoms with Gasteiger partial charge in [-0.1, -0.05) is 43.3 Å². The van der Waals surface area contributed by atoms with E-state index >= 15 is 0 Å². The topological polar surface area (TPSA) is 21.3 Å². The Balaban J connectivity index is 2.05. The Hall–Kier alpha value is -1.96. The minimum absolute atomic E-state index is 0.753. The molecule has 19 heavy (non-hydrogen) atoms. The molecule has 0 aliphatic carbocycles. The van der Waals surface area contributed by atoms with Gasteiger partial charge in [-0.05, 0) is 36.6 Å². The van der Waals surface area contributed by atoms with E-state index in [1.54, 1.807) is 0 Å². The fraction of sp³-hybridized carbons (Fsp3) is 0.294. The lowest BCUT2D eigenvalue weighted by Crippen LogP contribution is -2.04. The lowest BCUT2D eigenvalue weighted by Gasteiger charge is -2.13. The molecule has 0 unspecified atom stereocenters. The van der Waals surface area contributed by atoms with Gasteiger partial charge in [0.2, 0.25) is 0 Å². The minimum Gasteiger partial charge on any atom is -0.491 e. The monoisotopic (exact) mass is 255 g/mol. The molecule has 0 bridgehead atoms. The van der Waals surface area contributed by atoms with Crippen molar-refractivity contribution in [2.24, 2.45) is 0 Å². The molecule has 0 saturated heterocycles. The van der Waals surface area contributed by atoms with E-state index in [4.69, 9.17) is 4.74 Å². The highest BCUT2D eigenvalue weighted by Crippen LogP contribution is 2.24. The first-order chi connectivity index (χ1) is 9.31. The van der Waals surface area contributed by atoms with Gasteiger partial charge < -0.3 is 10.1 Å². The molecule has 1 N–H and O–H groups in total. The summed E-state index contributed by atoms with van der Waals surface area (Å²) in [6.45, 7) is 5.82. The maximum atomic E-state index is 5.74. The molecule has 0 aliphatic rings. The van der Waals surface area contributed by atoms with Gasteiger partial charge in [0, 0.05) is 6.54 Å². The third kappa shape index (κ3) is 3.75. The molecule has 100 valence electrons. The molecule has 2 aromatic carbocycles. The Bertz CT molecular complexity index is 522. The maximum Gasteiger partial charge on any atom is 0.142 e. The smallest absolute Gasteiger partial charge is 0.142 e. The van der Waals surface area contributed by atoms with Gasteiger partial charge in [0.25, 0.3) is 0 Å². The van der Waals surface area contributed by atoms with Crippen LogP contribution in [0.25, 0.3) is 0 Å². The van der Waals surface area contributed by atoms with Crippen LogP contribution in [0.5, 0.6) is 5.75 Å². The van der Waals surface area contributed by atoms with Crippen LogP contribution in [-0.2, 0) is 6.54 Å². The predicted molar refractivity (Wildman–Crippen MR) is 80.7 cm³/mol. The first kappa shape index (κ1) is 13.5. The van der Waals surface area contributed by atoms with Crippen LogP contribution in [0.15, 0.2) is 48.5 Å². The molecular weight excluding hydrogens is 234 g/mol. The second kappa shape index (κ2) is 6.83. The molecule has 0 saturated carbocycles. The van der Waals surface area contributed by atoms with Crippen molar-refractivity contribution < 1.29 is 4.74 Å². The zero-order valence-electron chi connectivity index (χ0n) is 11.6. The van der Waals surface area contributed by atoms with Crippen molar-refractivity contribution in [1.82, 2.24) is 0 Å². The van der Waals surface area contributed by atoms with E-state index < -0.39 is 0 Å². The number of para-hydroxylation sites is 2. The van der Waals surface area contributed by atoms with E-state index in [-0.39, 0.29) is 0 Å². The molecule has 0 atom stereocenters. The predicted octanol–water partition coefficient (Wildman–Crippen LogP) is 4.40. The Morgan fingerprint density at radius 2 is 1.74 bits per heavy atom. The highest BCUT2D eigenvalue weighted by Gasteiger charge is 2.03. The lowest BCUT2D eigenvalue weighted by atomic mass is 10.1. The van der Waals surface area contributed by atoms with Crippen molar-refractivity contribution in [3.63, 3.8) is 0 Å². The van der Waals surface area contributed by atoms with Gasteiger partial charge >= 0.3 is 0 Å². The van der Waals surface area contributed by atoms with Crippen LogP contribution in [0, 0.1) is 6.92 Å². The highest BCUT2D eigenvalue weighted by atomic mass is 16.5. The van der Waals surface area contributed by atoms with Gasteiger partial charge in [0.15, 0.2) is 0 Å². The van der Waals surface area contributed by atoms with Crippen LogP contribution in [0.3, 0.4) is 0 Å². The number of rotatable bonds is 6. The molecule has 0 spiro atoms. The summed E-state index contributed by atoms with van der Waals surface area (Å²) >= 11 is 0. The second-order valence-electron chi connectivity index (χ2n) is 4.62. The van der Waals surface area contributed by atoms with E-state index in [1.165, 1.54) is 11.1 Å². The number of hydrogen-bond acceptors (Lipinski definition) is 2. The molecule has 0 fully saturated rings. The molecule has 0 amide bonds. The molecule has 2 aromatic rings. The Labute approximate surface area is 115 Å². The van der Waals surface area contributed by atoms with Gasteiger partial charge in [-0.15, -0.1) is 0 Å². The zero-order chi connectivity index (χ0) is 13.5. The van der Waals surface area contributed by atoms with Crippen molar-refractivity contribution in [3.8, 4) is 5.75 Å². The molecule has 0 radical (unpaired) electrons. The van der Waals surface area contributed by atoms with Crippen LogP contribution < -0.4 is 10.1 Å². The molecule has 2 heteroatoms. The summed E-state index contributed by atoms with van der Waals surface area (Å²) in [7, 11) is 0. The van der Waals surface area contributed by atoms with E-state index in [9.17, 15) is 0 Å². The van der Waals surface area contributed by atoms with Gasteiger partial charge in [-0.2, -0.15) is 0 Å². The summed E-state index contributed by atoms with van der Waals surface area (Å²) in [6.07, 6.45) is 1.02. The summed E-state index contributed by atoms with van der Waals surface area (Å²) in [5.74, 6) is 0.929. The number of anilines is 1. The maximum absolute atomic E-state index is 5.74. The highest BCUT2D eigenvalue weighted by molar-refractivity contribution is 5.56. The van der Waals surface area contributed by atoms with Crippen LogP contribution in [0.2, 0.25) is 0 Å². The van der Waals surface area contributed by atoms with Crippen molar-refractivity contribution in [2.45, 2.75) is 26.8 Å². The van der Waals surface area contributed by atoms with Crippen molar-refractivity contribution in [3.05, 3.63) is 59.7 Å². The van der Waals surface area contributed by atoms with E-state index in [1.807, 2.05) is 18.2 Å². The molecule has 0 heterocycles. The Morgan fingerprint density at radius 3 is 2.53 bits per heavy atom. The number of hydrogen-bond donors (Lipinski definition) is 1. The summed E-state index contributed by atoms with van der Waals surface area (Å²) in [5.41, 5.74) is 3.67. The lowest BCUT2D eigenvalue weighted by molar-refractivity contribution is 0.319. The third-order valence-electron chi connectivity index (χ3n) is 3.08. The number of aryl methyl sites for hydroxylation is 1. The molecule has 2 nitrogen and oxygen atoms in total. The normalized spacial score (nSPS) is 10.2. The molecule has 2 rings (SSSR count). The van der Waals surface area contributed by atoms with E-state index in [2.05, 4.69) is 49.5 Å². The first-order valence-electron chi connectivity index (χ1n) is 6.81. The van der Waals surface area contributed by atoms with Crippen LogP contribution in [-0.4, -0.2) is 6.61 Å². The summed E-state index contributed by atoms with van der Waals surface area (Å²) in [4.78, 5) is 0. The van der Waals surface area contributed by atoms with E-state index in [0.29, 0.717) is 0 Å². The number of benzene rings is 2. The summed E-state index contributed by atoms with van der Waals surface area (Å²) in [5, 5.41) is 3.45. The van der Waals surface area contributed by atoms with Gasteiger partial charge in [-0.25, -0.2) is 0 Å². The van der Waals surface area contributed by atoms with Gasteiger partial charge in [0.05, 0.1) is 12.3 Å².